The number of thioether (sulfide) groups is 1. The minimum atomic E-state index is -3.60. The molecule has 1 unspecified atom stereocenters. The summed E-state index contributed by atoms with van der Waals surface area (Å²) in [6.07, 6.45) is 0. The van der Waals surface area contributed by atoms with Crippen LogP contribution in [0.1, 0.15) is 16.4 Å². The molecule has 0 spiro atoms. The molecule has 3 aromatic rings. The molecule has 156 valence electrons. The molecule has 1 N–H and O–H groups in total. The minimum Gasteiger partial charge on any atom is -0.325 e. The lowest BCUT2D eigenvalue weighted by Crippen LogP contribution is -2.23. The number of carbonyl (C=O) groups is 1. The predicted octanol–water partition coefficient (Wildman–Crippen LogP) is 4.72. The minimum absolute atomic E-state index is 0.139. The summed E-state index contributed by atoms with van der Waals surface area (Å²) >= 11 is 1.45. The first-order valence-corrected chi connectivity index (χ1v) is 11.7. The third kappa shape index (κ3) is 5.11. The van der Waals surface area contributed by atoms with E-state index in [0.717, 1.165) is 20.3 Å². The van der Waals surface area contributed by atoms with Gasteiger partial charge in [0.15, 0.2) is 0 Å². The van der Waals surface area contributed by atoms with Crippen LogP contribution < -0.4 is 5.32 Å². The highest BCUT2D eigenvalue weighted by Crippen LogP contribution is 2.36. The Labute approximate surface area is 182 Å². The Morgan fingerprint density at radius 3 is 2.13 bits per heavy atom. The number of carbonyl (C=O) groups excluding carboxylic acids is 1. The van der Waals surface area contributed by atoms with Crippen LogP contribution in [0, 0.1) is 6.92 Å². The standard InChI is InChI=1S/C23H24N2O3S2/c1-17-14-15-20(30(27,28)25(2)3)16-21(17)24-23(26)22(18-10-6-4-7-11-18)29-19-12-8-5-9-13-19/h4-16,22H,1-3H3,(H,24,26). The Morgan fingerprint density at radius 2 is 1.53 bits per heavy atom. The molecule has 0 radical (unpaired) electrons. The molecule has 0 bridgehead atoms. The Balaban J connectivity index is 1.93. The molecule has 3 aromatic carbocycles. The van der Waals surface area contributed by atoms with Crippen molar-refractivity contribution in [2.24, 2.45) is 0 Å². The van der Waals surface area contributed by atoms with Crippen molar-refractivity contribution >= 4 is 33.4 Å². The van der Waals surface area contributed by atoms with Crippen molar-refractivity contribution in [2.75, 3.05) is 19.4 Å². The average molecular weight is 441 g/mol. The molecule has 0 saturated carbocycles. The number of nitrogens with zero attached hydrogens (tertiary/aromatic N) is 1. The van der Waals surface area contributed by atoms with E-state index < -0.39 is 15.3 Å². The van der Waals surface area contributed by atoms with E-state index >= 15 is 0 Å². The summed E-state index contributed by atoms with van der Waals surface area (Å²) in [5.41, 5.74) is 2.15. The second-order valence-corrected chi connectivity index (χ2v) is 10.3. The average Bonchev–Trinajstić information content (AvgIpc) is 2.74. The van der Waals surface area contributed by atoms with E-state index in [-0.39, 0.29) is 10.8 Å². The molecule has 0 aliphatic carbocycles. The van der Waals surface area contributed by atoms with Gasteiger partial charge in [-0.15, -0.1) is 11.8 Å². The zero-order chi connectivity index (χ0) is 21.7. The quantitative estimate of drug-likeness (QED) is 0.540. The number of rotatable bonds is 7. The fraction of sp³-hybridized carbons (Fsp3) is 0.174. The van der Waals surface area contributed by atoms with E-state index in [1.807, 2.05) is 67.6 Å². The van der Waals surface area contributed by atoms with Crippen LogP contribution in [0.4, 0.5) is 5.69 Å². The number of hydrogen-bond donors (Lipinski definition) is 1. The second-order valence-electron chi connectivity index (χ2n) is 6.98. The first-order valence-electron chi connectivity index (χ1n) is 9.40. The number of amides is 1. The predicted molar refractivity (Wildman–Crippen MR) is 122 cm³/mol. The number of nitrogens with one attached hydrogen (secondary N) is 1. The van der Waals surface area contributed by atoms with Gasteiger partial charge < -0.3 is 5.32 Å². The van der Waals surface area contributed by atoms with Crippen molar-refractivity contribution in [3.8, 4) is 0 Å². The third-order valence-corrected chi connectivity index (χ3v) is 7.66. The van der Waals surface area contributed by atoms with Gasteiger partial charge in [-0.25, -0.2) is 12.7 Å². The van der Waals surface area contributed by atoms with E-state index in [2.05, 4.69) is 5.32 Å². The van der Waals surface area contributed by atoms with E-state index in [1.165, 1.54) is 31.9 Å². The lowest BCUT2D eigenvalue weighted by Gasteiger charge is -2.19. The van der Waals surface area contributed by atoms with Gasteiger partial charge in [0.2, 0.25) is 15.9 Å². The smallest absolute Gasteiger partial charge is 0.242 e. The fourth-order valence-corrected chi connectivity index (χ4v) is 4.82. The molecule has 30 heavy (non-hydrogen) atoms. The maximum atomic E-state index is 13.3. The Morgan fingerprint density at radius 1 is 0.933 bits per heavy atom. The fourth-order valence-electron chi connectivity index (χ4n) is 2.84. The molecular formula is C23H24N2O3S2. The Kier molecular flexibility index (Phi) is 6.97. The maximum Gasteiger partial charge on any atom is 0.242 e. The van der Waals surface area contributed by atoms with E-state index in [4.69, 9.17) is 0 Å². The van der Waals surface area contributed by atoms with Crippen LogP contribution in [0.25, 0.3) is 0 Å². The van der Waals surface area contributed by atoms with Crippen molar-refractivity contribution in [3.05, 3.63) is 90.0 Å². The van der Waals surface area contributed by atoms with Crippen LogP contribution >= 0.6 is 11.8 Å². The SMILES string of the molecule is Cc1ccc(S(=O)(=O)N(C)C)cc1NC(=O)C(Sc1ccccc1)c1ccccc1. The summed E-state index contributed by atoms with van der Waals surface area (Å²) in [6.45, 7) is 1.84. The zero-order valence-electron chi connectivity index (χ0n) is 17.1. The highest BCUT2D eigenvalue weighted by Gasteiger charge is 2.24. The first kappa shape index (κ1) is 22.1. The molecule has 7 heteroatoms. The molecule has 0 heterocycles. The Hall–Kier alpha value is -2.61. The summed E-state index contributed by atoms with van der Waals surface area (Å²) in [4.78, 5) is 14.4. The van der Waals surface area contributed by atoms with Crippen molar-refractivity contribution in [3.63, 3.8) is 0 Å². The van der Waals surface area contributed by atoms with E-state index in [9.17, 15) is 13.2 Å². The second kappa shape index (κ2) is 9.47. The molecule has 0 saturated heterocycles. The van der Waals surface area contributed by atoms with Gasteiger partial charge in [-0.1, -0.05) is 54.6 Å². The monoisotopic (exact) mass is 440 g/mol. The summed E-state index contributed by atoms with van der Waals surface area (Å²) < 4.78 is 26.1. The van der Waals surface area contributed by atoms with Gasteiger partial charge in [-0.3, -0.25) is 4.79 Å². The van der Waals surface area contributed by atoms with Crippen LogP contribution in [0.5, 0.6) is 0 Å². The van der Waals surface area contributed by atoms with E-state index in [1.54, 1.807) is 12.1 Å². The Bertz CT molecular complexity index is 1120. The van der Waals surface area contributed by atoms with Gasteiger partial charge in [-0.2, -0.15) is 0 Å². The number of anilines is 1. The van der Waals surface area contributed by atoms with Gasteiger partial charge in [0.1, 0.15) is 5.25 Å². The topological polar surface area (TPSA) is 66.5 Å². The normalized spacial score (nSPS) is 12.5. The molecule has 0 fully saturated rings. The van der Waals surface area contributed by atoms with Crippen LogP contribution in [0.15, 0.2) is 88.7 Å². The van der Waals surface area contributed by atoms with Crippen molar-refractivity contribution in [1.29, 1.82) is 0 Å². The number of benzene rings is 3. The van der Waals surface area contributed by atoms with Crippen LogP contribution in [-0.4, -0.2) is 32.7 Å². The molecule has 0 aliphatic heterocycles. The molecule has 1 amide bonds. The zero-order valence-corrected chi connectivity index (χ0v) is 18.7. The van der Waals surface area contributed by atoms with Gasteiger partial charge >= 0.3 is 0 Å². The van der Waals surface area contributed by atoms with Crippen LogP contribution in [0.2, 0.25) is 0 Å². The summed E-state index contributed by atoms with van der Waals surface area (Å²) in [7, 11) is -0.633. The molecule has 1 atom stereocenters. The van der Waals surface area contributed by atoms with Gasteiger partial charge in [0.05, 0.1) is 4.90 Å². The third-order valence-electron chi connectivity index (χ3n) is 4.58. The molecule has 0 aliphatic rings. The lowest BCUT2D eigenvalue weighted by molar-refractivity contribution is -0.115. The maximum absolute atomic E-state index is 13.3. The number of hydrogen-bond acceptors (Lipinski definition) is 4. The van der Waals surface area contributed by atoms with Gasteiger partial charge in [0.25, 0.3) is 0 Å². The van der Waals surface area contributed by atoms with Gasteiger partial charge in [-0.05, 0) is 42.3 Å². The highest BCUT2D eigenvalue weighted by molar-refractivity contribution is 8.00. The number of aryl methyl sites for hydroxylation is 1. The first-order chi connectivity index (χ1) is 14.3. The largest absolute Gasteiger partial charge is 0.325 e. The molecule has 5 nitrogen and oxygen atoms in total. The summed E-state index contributed by atoms with van der Waals surface area (Å²) in [5.74, 6) is -0.211. The molecular weight excluding hydrogens is 416 g/mol. The number of sulfonamides is 1. The molecule has 0 aromatic heterocycles. The van der Waals surface area contributed by atoms with Crippen LogP contribution in [0.3, 0.4) is 0 Å². The van der Waals surface area contributed by atoms with Gasteiger partial charge in [0, 0.05) is 24.7 Å². The summed E-state index contributed by atoms with van der Waals surface area (Å²) in [5, 5.41) is 2.45. The van der Waals surface area contributed by atoms with Crippen molar-refractivity contribution in [1.82, 2.24) is 4.31 Å². The summed E-state index contributed by atoms with van der Waals surface area (Å²) in [6, 6.07) is 24.0. The van der Waals surface area contributed by atoms with E-state index in [0.29, 0.717) is 5.69 Å². The van der Waals surface area contributed by atoms with Crippen LogP contribution in [-0.2, 0) is 14.8 Å². The highest BCUT2D eigenvalue weighted by atomic mass is 32.2. The van der Waals surface area contributed by atoms with Crippen molar-refractivity contribution in [2.45, 2.75) is 22.0 Å². The lowest BCUT2D eigenvalue weighted by atomic mass is 10.1. The van der Waals surface area contributed by atoms with Crippen molar-refractivity contribution < 1.29 is 13.2 Å². The molecule has 3 rings (SSSR count).